The minimum Gasteiger partial charge on any atom is -0.465 e. The highest BCUT2D eigenvalue weighted by molar-refractivity contribution is 9.11. The molecule has 1 aromatic carbocycles. The van der Waals surface area contributed by atoms with E-state index in [0.717, 1.165) is 3.79 Å². The van der Waals surface area contributed by atoms with E-state index < -0.39 is 24.5 Å². The van der Waals surface area contributed by atoms with Gasteiger partial charge in [0.05, 0.1) is 16.5 Å². The highest BCUT2D eigenvalue weighted by atomic mass is 79.9. The maximum absolute atomic E-state index is 11.7. The number of carbonyl (C=O) groups is 3. The molecule has 1 heterocycles. The number of methoxy groups -OCH3 is 1. The third-order valence-electron chi connectivity index (χ3n) is 2.70. The number of halogens is 1. The summed E-state index contributed by atoms with van der Waals surface area (Å²) in [6, 6.07) is 9.50. The van der Waals surface area contributed by atoms with Crippen molar-refractivity contribution < 1.29 is 23.9 Å². The SMILES string of the molecule is COC(=O)c1ccc(NC(=O)COC(=O)c2ccc(Br)s2)cc1. The molecule has 0 saturated carbocycles. The monoisotopic (exact) mass is 397 g/mol. The zero-order valence-electron chi connectivity index (χ0n) is 12.0. The summed E-state index contributed by atoms with van der Waals surface area (Å²) < 4.78 is 10.3. The lowest BCUT2D eigenvalue weighted by Gasteiger charge is -2.06. The van der Waals surface area contributed by atoms with Gasteiger partial charge in [-0.3, -0.25) is 4.79 Å². The molecule has 8 heteroatoms. The maximum atomic E-state index is 11.7. The van der Waals surface area contributed by atoms with Gasteiger partial charge in [0.25, 0.3) is 5.91 Å². The summed E-state index contributed by atoms with van der Waals surface area (Å²) >= 11 is 4.47. The highest BCUT2D eigenvalue weighted by Gasteiger charge is 2.12. The summed E-state index contributed by atoms with van der Waals surface area (Å²) in [5, 5.41) is 2.56. The van der Waals surface area contributed by atoms with Crippen LogP contribution in [0.2, 0.25) is 0 Å². The second kappa shape index (κ2) is 7.89. The molecule has 2 aromatic rings. The Morgan fingerprint density at radius 1 is 1.09 bits per heavy atom. The number of thiophene rings is 1. The fourth-order valence-electron chi connectivity index (χ4n) is 1.63. The van der Waals surface area contributed by atoms with Gasteiger partial charge in [0.15, 0.2) is 6.61 Å². The number of benzene rings is 1. The van der Waals surface area contributed by atoms with Crippen molar-refractivity contribution >= 4 is 50.8 Å². The summed E-state index contributed by atoms with van der Waals surface area (Å²) in [6.45, 7) is -0.396. The molecule has 0 aliphatic heterocycles. The first kappa shape index (κ1) is 17.2. The van der Waals surface area contributed by atoms with Gasteiger partial charge in [0.1, 0.15) is 4.88 Å². The number of hydrogen-bond donors (Lipinski definition) is 1. The average molecular weight is 398 g/mol. The van der Waals surface area contributed by atoms with Crippen LogP contribution in [0.4, 0.5) is 5.69 Å². The van der Waals surface area contributed by atoms with E-state index in [-0.39, 0.29) is 0 Å². The second-order valence-electron chi connectivity index (χ2n) is 4.30. The van der Waals surface area contributed by atoms with Gasteiger partial charge >= 0.3 is 11.9 Å². The Hall–Kier alpha value is -2.19. The molecule has 120 valence electrons. The number of ether oxygens (including phenoxy) is 2. The Bertz CT molecular complexity index is 726. The van der Waals surface area contributed by atoms with Crippen LogP contribution >= 0.6 is 27.3 Å². The smallest absolute Gasteiger partial charge is 0.348 e. The first-order valence-electron chi connectivity index (χ1n) is 6.40. The summed E-state index contributed by atoms with van der Waals surface area (Å²) in [4.78, 5) is 35.1. The molecule has 1 N–H and O–H groups in total. The molecular weight excluding hydrogens is 386 g/mol. The lowest BCUT2D eigenvalue weighted by molar-refractivity contribution is -0.119. The first-order valence-corrected chi connectivity index (χ1v) is 8.01. The molecule has 0 atom stereocenters. The van der Waals surface area contributed by atoms with Gasteiger partial charge in [-0.2, -0.15) is 0 Å². The number of hydrogen-bond acceptors (Lipinski definition) is 6. The lowest BCUT2D eigenvalue weighted by atomic mass is 10.2. The van der Waals surface area contributed by atoms with Gasteiger partial charge < -0.3 is 14.8 Å². The molecule has 0 fully saturated rings. The van der Waals surface area contributed by atoms with Gasteiger partial charge in [-0.05, 0) is 52.3 Å². The van der Waals surface area contributed by atoms with Crippen molar-refractivity contribution in [2.45, 2.75) is 0 Å². The summed E-state index contributed by atoms with van der Waals surface area (Å²) in [5.41, 5.74) is 0.859. The largest absolute Gasteiger partial charge is 0.465 e. The van der Waals surface area contributed by atoms with E-state index in [1.165, 1.54) is 30.6 Å². The van der Waals surface area contributed by atoms with Gasteiger partial charge in [0.2, 0.25) is 0 Å². The van der Waals surface area contributed by atoms with Crippen LogP contribution in [0.25, 0.3) is 0 Å². The number of amides is 1. The van der Waals surface area contributed by atoms with Gasteiger partial charge in [-0.15, -0.1) is 11.3 Å². The summed E-state index contributed by atoms with van der Waals surface area (Å²) in [7, 11) is 1.29. The van der Waals surface area contributed by atoms with E-state index in [1.54, 1.807) is 24.3 Å². The van der Waals surface area contributed by atoms with Gasteiger partial charge in [0, 0.05) is 5.69 Å². The number of nitrogens with one attached hydrogen (secondary N) is 1. The standard InChI is InChI=1S/C15H12BrNO5S/c1-21-14(19)9-2-4-10(5-3-9)17-13(18)8-22-15(20)11-6-7-12(16)23-11/h2-7H,8H2,1H3,(H,17,18). The summed E-state index contributed by atoms with van der Waals surface area (Å²) in [6.07, 6.45) is 0. The minimum absolute atomic E-state index is 0.375. The molecule has 0 aliphatic carbocycles. The van der Waals surface area contributed by atoms with E-state index in [4.69, 9.17) is 4.74 Å². The number of carbonyl (C=O) groups excluding carboxylic acids is 3. The number of rotatable bonds is 5. The van der Waals surface area contributed by atoms with Crippen LogP contribution in [-0.2, 0) is 14.3 Å². The van der Waals surface area contributed by atoms with Crippen molar-refractivity contribution in [3.63, 3.8) is 0 Å². The predicted octanol–water partition coefficient (Wildman–Crippen LogP) is 3.09. The molecule has 1 aromatic heterocycles. The van der Waals surface area contributed by atoms with Crippen molar-refractivity contribution in [3.05, 3.63) is 50.6 Å². The van der Waals surface area contributed by atoms with Crippen LogP contribution in [0.5, 0.6) is 0 Å². The van der Waals surface area contributed by atoms with Gasteiger partial charge in [-0.25, -0.2) is 9.59 Å². The molecule has 0 radical (unpaired) electrons. The van der Waals surface area contributed by atoms with Crippen LogP contribution in [-0.4, -0.2) is 31.6 Å². The normalized spacial score (nSPS) is 10.0. The molecule has 0 aliphatic rings. The molecule has 0 spiro atoms. The number of anilines is 1. The minimum atomic E-state index is -0.558. The van der Waals surface area contributed by atoms with Crippen molar-refractivity contribution in [1.29, 1.82) is 0 Å². The Kier molecular flexibility index (Phi) is 5.89. The fourth-order valence-corrected chi connectivity index (χ4v) is 2.91. The predicted molar refractivity (Wildman–Crippen MR) is 88.7 cm³/mol. The Labute approximate surface area is 144 Å². The number of esters is 2. The third-order valence-corrected chi connectivity index (χ3v) is 4.30. The first-order chi connectivity index (χ1) is 11.0. The molecule has 2 rings (SSSR count). The second-order valence-corrected chi connectivity index (χ2v) is 6.76. The third kappa shape index (κ3) is 4.90. The molecular formula is C15H12BrNO5S. The van der Waals surface area contributed by atoms with E-state index in [0.29, 0.717) is 16.1 Å². The zero-order valence-corrected chi connectivity index (χ0v) is 14.4. The van der Waals surface area contributed by atoms with E-state index in [2.05, 4.69) is 26.0 Å². The Morgan fingerprint density at radius 3 is 2.35 bits per heavy atom. The lowest BCUT2D eigenvalue weighted by Crippen LogP contribution is -2.20. The topological polar surface area (TPSA) is 81.7 Å². The average Bonchev–Trinajstić information content (AvgIpc) is 2.99. The van der Waals surface area contributed by atoms with Crippen LogP contribution in [0.3, 0.4) is 0 Å². The summed E-state index contributed by atoms with van der Waals surface area (Å²) in [5.74, 6) is -1.49. The Morgan fingerprint density at radius 2 is 1.78 bits per heavy atom. The van der Waals surface area contributed by atoms with Crippen LogP contribution in [0, 0.1) is 0 Å². The quantitative estimate of drug-likeness (QED) is 0.783. The zero-order chi connectivity index (χ0) is 16.8. The van der Waals surface area contributed by atoms with Crippen molar-refractivity contribution in [1.82, 2.24) is 0 Å². The molecule has 0 bridgehead atoms. The fraction of sp³-hybridized carbons (Fsp3) is 0.133. The Balaban J connectivity index is 1.85. The van der Waals surface area contributed by atoms with E-state index >= 15 is 0 Å². The van der Waals surface area contributed by atoms with E-state index in [9.17, 15) is 14.4 Å². The molecule has 0 unspecified atom stereocenters. The maximum Gasteiger partial charge on any atom is 0.348 e. The van der Waals surface area contributed by atoms with Crippen molar-refractivity contribution in [2.75, 3.05) is 19.0 Å². The van der Waals surface area contributed by atoms with Crippen LogP contribution in [0.1, 0.15) is 20.0 Å². The molecule has 6 nitrogen and oxygen atoms in total. The van der Waals surface area contributed by atoms with Gasteiger partial charge in [-0.1, -0.05) is 0 Å². The molecule has 0 saturated heterocycles. The van der Waals surface area contributed by atoms with Crippen molar-refractivity contribution in [2.24, 2.45) is 0 Å². The molecule has 23 heavy (non-hydrogen) atoms. The highest BCUT2D eigenvalue weighted by Crippen LogP contribution is 2.22. The van der Waals surface area contributed by atoms with E-state index in [1.807, 2.05) is 0 Å². The molecule has 1 amide bonds. The van der Waals surface area contributed by atoms with Crippen LogP contribution < -0.4 is 5.32 Å². The van der Waals surface area contributed by atoms with Crippen LogP contribution in [0.15, 0.2) is 40.2 Å². The van der Waals surface area contributed by atoms with Crippen molar-refractivity contribution in [3.8, 4) is 0 Å².